The minimum atomic E-state index is -0.658. The Bertz CT molecular complexity index is 612. The fourth-order valence-electron chi connectivity index (χ4n) is 1.88. The van der Waals surface area contributed by atoms with Crippen LogP contribution in [0.3, 0.4) is 0 Å². The fourth-order valence-corrected chi connectivity index (χ4v) is 1.88. The number of nitro groups is 1. The van der Waals surface area contributed by atoms with Gasteiger partial charge in [-0.25, -0.2) is 0 Å². The number of rotatable bonds is 5. The summed E-state index contributed by atoms with van der Waals surface area (Å²) in [5.74, 6) is 0.587. The zero-order valence-electron chi connectivity index (χ0n) is 11.0. The van der Waals surface area contributed by atoms with Crippen molar-refractivity contribution in [2.45, 2.75) is 19.4 Å². The Hall–Kier alpha value is -2.40. The first-order valence-corrected chi connectivity index (χ1v) is 6.31. The van der Waals surface area contributed by atoms with Crippen LogP contribution >= 0.6 is 0 Å². The summed E-state index contributed by atoms with van der Waals surface area (Å²) in [5.41, 5.74) is 0.515. The molecule has 2 aromatic rings. The first-order valence-electron chi connectivity index (χ1n) is 6.31. The summed E-state index contributed by atoms with van der Waals surface area (Å²) in [5, 5.41) is 20.9. The maximum absolute atomic E-state index is 11.0. The van der Waals surface area contributed by atoms with Gasteiger partial charge >= 0.3 is 5.69 Å². The highest BCUT2D eigenvalue weighted by Crippen LogP contribution is 2.35. The van der Waals surface area contributed by atoms with Crippen molar-refractivity contribution in [2.24, 2.45) is 0 Å². The lowest BCUT2D eigenvalue weighted by Gasteiger charge is -2.14. The van der Waals surface area contributed by atoms with Crippen LogP contribution in [0.15, 0.2) is 48.5 Å². The number of nitrogens with zero attached hydrogens (tertiary/aromatic N) is 1. The van der Waals surface area contributed by atoms with E-state index in [1.165, 1.54) is 12.1 Å². The summed E-state index contributed by atoms with van der Waals surface area (Å²) < 4.78 is 5.62. The van der Waals surface area contributed by atoms with Crippen molar-refractivity contribution in [3.8, 4) is 11.5 Å². The highest BCUT2D eigenvalue weighted by Gasteiger charge is 2.17. The predicted octanol–water partition coefficient (Wildman–Crippen LogP) is 3.83. The van der Waals surface area contributed by atoms with E-state index in [0.29, 0.717) is 17.7 Å². The molecule has 0 bridgehead atoms. The van der Waals surface area contributed by atoms with Gasteiger partial charge in [0.2, 0.25) is 5.75 Å². The smallest absolute Gasteiger partial charge is 0.311 e. The fraction of sp³-hybridized carbons (Fsp3) is 0.200. The third-order valence-corrected chi connectivity index (χ3v) is 2.95. The second kappa shape index (κ2) is 6.16. The highest BCUT2D eigenvalue weighted by molar-refractivity contribution is 5.49. The Morgan fingerprint density at radius 3 is 2.40 bits per heavy atom. The topological polar surface area (TPSA) is 72.6 Å². The third-order valence-electron chi connectivity index (χ3n) is 2.95. The Kier molecular flexibility index (Phi) is 4.32. The molecule has 0 aliphatic rings. The van der Waals surface area contributed by atoms with E-state index in [-0.39, 0.29) is 11.4 Å². The summed E-state index contributed by atoms with van der Waals surface area (Å²) in [6, 6.07) is 13.2. The average molecular weight is 273 g/mol. The van der Waals surface area contributed by atoms with Gasteiger partial charge in [0.05, 0.1) is 11.0 Å². The van der Waals surface area contributed by atoms with Crippen LogP contribution in [0.5, 0.6) is 11.5 Å². The number of nitro benzene ring substituents is 1. The van der Waals surface area contributed by atoms with Crippen molar-refractivity contribution in [2.75, 3.05) is 0 Å². The van der Waals surface area contributed by atoms with Crippen molar-refractivity contribution in [3.63, 3.8) is 0 Å². The van der Waals surface area contributed by atoms with Gasteiger partial charge < -0.3 is 9.84 Å². The quantitative estimate of drug-likeness (QED) is 0.663. The van der Waals surface area contributed by atoms with Crippen molar-refractivity contribution in [1.82, 2.24) is 0 Å². The zero-order valence-corrected chi connectivity index (χ0v) is 11.0. The molecule has 104 valence electrons. The standard InChI is InChI=1S/C15H15NO4/c1-2-13(17)11-7-3-5-9-14(11)20-15-10-6-4-8-12(15)16(18)19/h3-10,13,17H,2H2,1H3. The van der Waals surface area contributed by atoms with Crippen molar-refractivity contribution >= 4 is 5.69 Å². The molecule has 1 atom stereocenters. The van der Waals surface area contributed by atoms with Crippen LogP contribution in [0, 0.1) is 10.1 Å². The van der Waals surface area contributed by atoms with Gasteiger partial charge in [-0.1, -0.05) is 37.3 Å². The van der Waals surface area contributed by atoms with E-state index in [1.807, 2.05) is 6.92 Å². The molecule has 1 N–H and O–H groups in total. The number of ether oxygens (including phenoxy) is 1. The van der Waals surface area contributed by atoms with E-state index in [9.17, 15) is 15.2 Å². The largest absolute Gasteiger partial charge is 0.450 e. The molecule has 2 aromatic carbocycles. The summed E-state index contributed by atoms with van der Waals surface area (Å²) in [4.78, 5) is 10.5. The number of aliphatic hydroxyl groups is 1. The van der Waals surface area contributed by atoms with Crippen molar-refractivity contribution in [3.05, 3.63) is 64.2 Å². The van der Waals surface area contributed by atoms with Gasteiger partial charge in [-0.15, -0.1) is 0 Å². The summed E-state index contributed by atoms with van der Waals surface area (Å²) >= 11 is 0. The van der Waals surface area contributed by atoms with Gasteiger partial charge in [-0.3, -0.25) is 10.1 Å². The Labute approximate surface area is 116 Å². The lowest BCUT2D eigenvalue weighted by atomic mass is 10.1. The van der Waals surface area contributed by atoms with Crippen LogP contribution in [0.1, 0.15) is 25.0 Å². The van der Waals surface area contributed by atoms with Gasteiger partial charge in [0.15, 0.2) is 0 Å². The highest BCUT2D eigenvalue weighted by atomic mass is 16.6. The van der Waals surface area contributed by atoms with E-state index in [1.54, 1.807) is 36.4 Å². The molecular weight excluding hydrogens is 258 g/mol. The molecule has 0 amide bonds. The van der Waals surface area contributed by atoms with E-state index in [2.05, 4.69) is 0 Å². The average Bonchev–Trinajstić information content (AvgIpc) is 2.47. The van der Waals surface area contributed by atoms with Crippen molar-refractivity contribution in [1.29, 1.82) is 0 Å². The number of benzene rings is 2. The second-order valence-corrected chi connectivity index (χ2v) is 4.29. The molecule has 0 aliphatic carbocycles. The molecule has 0 fully saturated rings. The van der Waals surface area contributed by atoms with E-state index >= 15 is 0 Å². The van der Waals surface area contributed by atoms with Gasteiger partial charge in [-0.2, -0.15) is 0 Å². The molecule has 0 radical (unpaired) electrons. The number of para-hydroxylation sites is 3. The lowest BCUT2D eigenvalue weighted by Crippen LogP contribution is -2.00. The molecule has 0 saturated carbocycles. The van der Waals surface area contributed by atoms with Gasteiger partial charge in [0.1, 0.15) is 5.75 Å². The molecule has 1 unspecified atom stereocenters. The van der Waals surface area contributed by atoms with Crippen LogP contribution in [-0.4, -0.2) is 10.0 Å². The zero-order chi connectivity index (χ0) is 14.5. The van der Waals surface area contributed by atoms with Crippen LogP contribution < -0.4 is 4.74 Å². The first-order chi connectivity index (χ1) is 9.63. The number of hydrogen-bond acceptors (Lipinski definition) is 4. The van der Waals surface area contributed by atoms with E-state index < -0.39 is 11.0 Å². The van der Waals surface area contributed by atoms with E-state index in [4.69, 9.17) is 4.74 Å². The third kappa shape index (κ3) is 2.95. The number of hydrogen-bond donors (Lipinski definition) is 1. The SMILES string of the molecule is CCC(O)c1ccccc1Oc1ccccc1[N+](=O)[O-]. The van der Waals surface area contributed by atoms with Gasteiger partial charge in [0, 0.05) is 11.6 Å². The lowest BCUT2D eigenvalue weighted by molar-refractivity contribution is -0.385. The van der Waals surface area contributed by atoms with Crippen LogP contribution in [-0.2, 0) is 0 Å². The number of aliphatic hydroxyl groups excluding tert-OH is 1. The first kappa shape index (κ1) is 14.0. The molecular formula is C15H15NO4. The minimum Gasteiger partial charge on any atom is -0.450 e. The maximum atomic E-state index is 11.0. The van der Waals surface area contributed by atoms with Crippen LogP contribution in [0.4, 0.5) is 5.69 Å². The molecule has 20 heavy (non-hydrogen) atoms. The Balaban J connectivity index is 2.38. The van der Waals surface area contributed by atoms with Gasteiger partial charge in [-0.05, 0) is 18.6 Å². The normalized spacial score (nSPS) is 11.9. The van der Waals surface area contributed by atoms with Crippen LogP contribution in [0.2, 0.25) is 0 Å². The summed E-state index contributed by atoms with van der Waals surface area (Å²) in [6.45, 7) is 1.85. The Morgan fingerprint density at radius 2 is 1.75 bits per heavy atom. The van der Waals surface area contributed by atoms with Crippen LogP contribution in [0.25, 0.3) is 0 Å². The molecule has 0 aliphatic heterocycles. The van der Waals surface area contributed by atoms with Crippen molar-refractivity contribution < 1.29 is 14.8 Å². The molecule has 0 aromatic heterocycles. The monoisotopic (exact) mass is 273 g/mol. The van der Waals surface area contributed by atoms with E-state index in [0.717, 1.165) is 0 Å². The molecule has 5 nitrogen and oxygen atoms in total. The minimum absolute atomic E-state index is 0.103. The predicted molar refractivity (Wildman–Crippen MR) is 74.9 cm³/mol. The Morgan fingerprint density at radius 1 is 1.15 bits per heavy atom. The summed E-state index contributed by atoms with van der Waals surface area (Å²) in [7, 11) is 0. The molecule has 0 saturated heterocycles. The summed E-state index contributed by atoms with van der Waals surface area (Å²) in [6.07, 6.45) is -0.119. The molecule has 5 heteroatoms. The molecule has 0 spiro atoms. The molecule has 2 rings (SSSR count). The molecule has 0 heterocycles. The maximum Gasteiger partial charge on any atom is 0.311 e. The second-order valence-electron chi connectivity index (χ2n) is 4.29. The van der Waals surface area contributed by atoms with Gasteiger partial charge in [0.25, 0.3) is 0 Å².